The van der Waals surface area contributed by atoms with Gasteiger partial charge in [-0.1, -0.05) is 18.2 Å². The molecular formula is C21H29N5O2. The average Bonchev–Trinajstić information content (AvgIpc) is 3.21. The van der Waals surface area contributed by atoms with Crippen molar-refractivity contribution in [1.82, 2.24) is 20.5 Å². The minimum absolute atomic E-state index is 0.124. The van der Waals surface area contributed by atoms with Gasteiger partial charge in [-0.2, -0.15) is 0 Å². The fourth-order valence-corrected chi connectivity index (χ4v) is 3.39. The van der Waals surface area contributed by atoms with Gasteiger partial charge in [0, 0.05) is 38.7 Å². The van der Waals surface area contributed by atoms with E-state index in [0.717, 1.165) is 49.7 Å². The Morgan fingerprint density at radius 3 is 2.71 bits per heavy atom. The van der Waals surface area contributed by atoms with E-state index in [1.807, 2.05) is 30.3 Å². The van der Waals surface area contributed by atoms with Gasteiger partial charge < -0.3 is 20.0 Å². The van der Waals surface area contributed by atoms with Gasteiger partial charge >= 0.3 is 0 Å². The van der Waals surface area contributed by atoms with Crippen LogP contribution in [0.15, 0.2) is 46.0 Å². The maximum absolute atomic E-state index is 11.6. The van der Waals surface area contributed by atoms with E-state index in [2.05, 4.69) is 27.4 Å². The number of carbonyl (C=O) groups excluding carboxylic acids is 1. The summed E-state index contributed by atoms with van der Waals surface area (Å²) in [5.74, 6) is 2.08. The van der Waals surface area contributed by atoms with Gasteiger partial charge in [-0.3, -0.25) is 4.79 Å². The highest BCUT2D eigenvalue weighted by atomic mass is 16.3. The molecule has 7 nitrogen and oxygen atoms in total. The quantitative estimate of drug-likeness (QED) is 0.592. The topological polar surface area (TPSA) is 82.8 Å². The molecule has 0 radical (unpaired) electrons. The number of rotatable bonds is 6. The molecule has 150 valence electrons. The molecule has 0 unspecified atom stereocenters. The van der Waals surface area contributed by atoms with Crippen LogP contribution < -0.4 is 10.6 Å². The van der Waals surface area contributed by atoms with E-state index in [0.29, 0.717) is 24.8 Å². The fourth-order valence-electron chi connectivity index (χ4n) is 3.39. The van der Waals surface area contributed by atoms with Crippen molar-refractivity contribution in [3.05, 3.63) is 42.3 Å². The molecule has 1 aliphatic rings. The second-order valence-electron chi connectivity index (χ2n) is 6.99. The molecule has 0 atom stereocenters. The number of amides is 1. The van der Waals surface area contributed by atoms with Gasteiger partial charge in [-0.05, 0) is 37.8 Å². The largest absolute Gasteiger partial charge is 0.444 e. The molecule has 0 spiro atoms. The highest BCUT2D eigenvalue weighted by molar-refractivity contribution is 5.80. The number of aromatic nitrogens is 1. The van der Waals surface area contributed by atoms with Crippen molar-refractivity contribution in [3.8, 4) is 11.5 Å². The summed E-state index contributed by atoms with van der Waals surface area (Å²) in [5.41, 5.74) is 1.77. The van der Waals surface area contributed by atoms with Gasteiger partial charge in [0.2, 0.25) is 11.8 Å². The maximum atomic E-state index is 11.6. The van der Waals surface area contributed by atoms with Crippen molar-refractivity contribution < 1.29 is 9.21 Å². The predicted octanol–water partition coefficient (Wildman–Crippen LogP) is 2.66. The average molecular weight is 383 g/mol. The van der Waals surface area contributed by atoms with Crippen LogP contribution in [0, 0.1) is 5.92 Å². The van der Waals surface area contributed by atoms with Gasteiger partial charge in [-0.15, -0.1) is 0 Å². The molecule has 1 amide bonds. The van der Waals surface area contributed by atoms with Crippen LogP contribution in [-0.2, 0) is 11.3 Å². The summed E-state index contributed by atoms with van der Waals surface area (Å²) < 4.78 is 5.60. The lowest BCUT2D eigenvalue weighted by Gasteiger charge is -2.34. The molecule has 2 N–H and O–H groups in total. The number of nitrogens with one attached hydrogen (secondary N) is 2. The van der Waals surface area contributed by atoms with E-state index in [9.17, 15) is 4.79 Å². The highest BCUT2D eigenvalue weighted by Crippen LogP contribution is 2.21. The summed E-state index contributed by atoms with van der Waals surface area (Å²) in [6.45, 7) is 5.16. The first-order valence-electron chi connectivity index (χ1n) is 9.93. The van der Waals surface area contributed by atoms with Crippen molar-refractivity contribution >= 4 is 11.9 Å². The molecule has 1 aliphatic heterocycles. The van der Waals surface area contributed by atoms with E-state index in [1.54, 1.807) is 13.3 Å². The Morgan fingerprint density at radius 2 is 2.04 bits per heavy atom. The number of carbonyl (C=O) groups is 1. The van der Waals surface area contributed by atoms with E-state index < -0.39 is 0 Å². The molecule has 2 aromatic rings. The summed E-state index contributed by atoms with van der Waals surface area (Å²) >= 11 is 0. The number of hydrogen-bond donors (Lipinski definition) is 2. The summed E-state index contributed by atoms with van der Waals surface area (Å²) in [4.78, 5) is 23.1. The van der Waals surface area contributed by atoms with Crippen LogP contribution in [-0.4, -0.2) is 48.4 Å². The number of hydrogen-bond acceptors (Lipinski definition) is 4. The fraction of sp³-hybridized carbons (Fsp3) is 0.476. The highest BCUT2D eigenvalue weighted by Gasteiger charge is 2.23. The van der Waals surface area contributed by atoms with E-state index in [-0.39, 0.29) is 5.91 Å². The third kappa shape index (κ3) is 5.34. The Hall–Kier alpha value is -2.83. The van der Waals surface area contributed by atoms with Crippen LogP contribution in [0.2, 0.25) is 0 Å². The Kier molecular flexibility index (Phi) is 7.06. The maximum Gasteiger partial charge on any atom is 0.226 e. The molecule has 2 heterocycles. The van der Waals surface area contributed by atoms with Crippen LogP contribution in [0.4, 0.5) is 0 Å². The minimum Gasteiger partial charge on any atom is -0.444 e. The molecule has 1 aromatic carbocycles. The number of likely N-dealkylation sites (tertiary alicyclic amines) is 1. The zero-order chi connectivity index (χ0) is 19.8. The van der Waals surface area contributed by atoms with Crippen molar-refractivity contribution in [2.45, 2.75) is 32.7 Å². The van der Waals surface area contributed by atoms with Gasteiger partial charge in [0.05, 0.1) is 6.54 Å². The Labute approximate surface area is 166 Å². The third-order valence-corrected chi connectivity index (χ3v) is 4.97. The first-order valence-corrected chi connectivity index (χ1v) is 9.93. The lowest BCUT2D eigenvalue weighted by atomic mass is 9.93. The molecule has 1 fully saturated rings. The number of oxazole rings is 1. The van der Waals surface area contributed by atoms with Crippen LogP contribution in [0.1, 0.15) is 31.9 Å². The normalized spacial score (nSPS) is 15.5. The third-order valence-electron chi connectivity index (χ3n) is 4.97. The van der Waals surface area contributed by atoms with Crippen LogP contribution in [0.25, 0.3) is 11.5 Å². The first-order chi connectivity index (χ1) is 13.7. The van der Waals surface area contributed by atoms with Gasteiger partial charge in [-0.25, -0.2) is 9.98 Å². The second-order valence-corrected chi connectivity index (χ2v) is 6.99. The number of benzene rings is 1. The molecule has 3 rings (SSSR count). The summed E-state index contributed by atoms with van der Waals surface area (Å²) in [6.07, 6.45) is 4.28. The molecular weight excluding hydrogens is 354 g/mol. The summed E-state index contributed by atoms with van der Waals surface area (Å²) in [5, 5.41) is 6.08. The van der Waals surface area contributed by atoms with E-state index in [4.69, 9.17) is 9.41 Å². The van der Waals surface area contributed by atoms with Crippen molar-refractivity contribution in [2.24, 2.45) is 10.9 Å². The molecule has 0 bridgehead atoms. The Morgan fingerprint density at radius 1 is 1.29 bits per heavy atom. The molecule has 7 heteroatoms. The Balaban J connectivity index is 1.59. The van der Waals surface area contributed by atoms with Crippen LogP contribution >= 0.6 is 0 Å². The zero-order valence-corrected chi connectivity index (χ0v) is 16.6. The number of piperidine rings is 1. The first kappa shape index (κ1) is 19.9. The lowest BCUT2D eigenvalue weighted by molar-refractivity contribution is -0.121. The van der Waals surface area contributed by atoms with E-state index in [1.165, 1.54) is 0 Å². The van der Waals surface area contributed by atoms with Crippen LogP contribution in [0.3, 0.4) is 0 Å². The molecule has 28 heavy (non-hydrogen) atoms. The van der Waals surface area contributed by atoms with Crippen molar-refractivity contribution in [2.75, 3.05) is 26.7 Å². The number of nitrogens with zero attached hydrogens (tertiary/aromatic N) is 3. The van der Waals surface area contributed by atoms with Crippen LogP contribution in [0.5, 0.6) is 0 Å². The smallest absolute Gasteiger partial charge is 0.226 e. The monoisotopic (exact) mass is 383 g/mol. The van der Waals surface area contributed by atoms with Crippen molar-refractivity contribution in [3.63, 3.8) is 0 Å². The second kappa shape index (κ2) is 9.92. The lowest BCUT2D eigenvalue weighted by Crippen LogP contribution is -2.46. The number of aliphatic imine (C=N–C) groups is 1. The Bertz CT molecular complexity index is 779. The van der Waals surface area contributed by atoms with Gasteiger partial charge in [0.15, 0.2) is 5.96 Å². The molecule has 1 saturated heterocycles. The molecule has 0 aliphatic carbocycles. The molecule has 0 saturated carbocycles. The summed E-state index contributed by atoms with van der Waals surface area (Å²) in [6, 6.07) is 9.86. The van der Waals surface area contributed by atoms with Crippen molar-refractivity contribution in [1.29, 1.82) is 0 Å². The van der Waals surface area contributed by atoms with Gasteiger partial charge in [0.25, 0.3) is 0 Å². The zero-order valence-electron chi connectivity index (χ0n) is 16.6. The molecule has 1 aromatic heterocycles. The van der Waals surface area contributed by atoms with E-state index >= 15 is 0 Å². The summed E-state index contributed by atoms with van der Waals surface area (Å²) in [7, 11) is 1.69. The van der Waals surface area contributed by atoms with Gasteiger partial charge in [0.1, 0.15) is 12.0 Å². The predicted molar refractivity (Wildman–Crippen MR) is 110 cm³/mol. The minimum atomic E-state index is 0.124. The SMILES string of the molecule is CCNC(=NCc1coc(-c2ccccc2)n1)N1CCC(CC(=O)NC)CC1. The standard InChI is InChI=1S/C21H29N5O2/c1-3-23-21(26-11-9-16(10-12-26)13-19(27)22-2)24-14-18-15-28-20(25-18)17-7-5-4-6-8-17/h4-8,15-16H,3,9-14H2,1-2H3,(H,22,27)(H,23,24). The number of guanidine groups is 1.